The van der Waals surface area contributed by atoms with E-state index < -0.39 is 17.1 Å². The van der Waals surface area contributed by atoms with Crippen molar-refractivity contribution in [3.05, 3.63) is 0 Å². The third-order valence-corrected chi connectivity index (χ3v) is 6.39. The first-order chi connectivity index (χ1) is 12.0. The molecular formula is C19H34N4O3. The molecule has 148 valence electrons. The van der Waals surface area contributed by atoms with Crippen LogP contribution in [0.1, 0.15) is 66.7 Å². The molecule has 4 N–H and O–H groups in total. The quantitative estimate of drug-likeness (QED) is 0.623. The standard InChI is InChI=1S/C19H34N4O3/c1-6-17(2,3)13-7-9-19(10-8-13)15(25)23(16(26)22-19)11-14(24)21-18(4,5)12-20/h13H,6-12,20H2,1-5H3,(H,21,24)(H,22,26). The largest absolute Gasteiger partial charge is 0.348 e. The van der Waals surface area contributed by atoms with E-state index in [-0.39, 0.29) is 30.3 Å². The Labute approximate surface area is 156 Å². The van der Waals surface area contributed by atoms with E-state index in [1.807, 2.05) is 0 Å². The lowest BCUT2D eigenvalue weighted by atomic mass is 9.65. The fraction of sp³-hybridized carbons (Fsp3) is 0.842. The predicted octanol–water partition coefficient (Wildman–Crippen LogP) is 1.76. The van der Waals surface area contributed by atoms with Crippen molar-refractivity contribution in [1.29, 1.82) is 0 Å². The van der Waals surface area contributed by atoms with Gasteiger partial charge in [-0.1, -0.05) is 27.2 Å². The molecule has 2 fully saturated rings. The van der Waals surface area contributed by atoms with E-state index in [1.54, 1.807) is 13.8 Å². The van der Waals surface area contributed by atoms with Gasteiger partial charge in [-0.05, 0) is 50.9 Å². The maximum atomic E-state index is 12.9. The first kappa shape index (κ1) is 20.7. The van der Waals surface area contributed by atoms with Crippen molar-refractivity contribution < 1.29 is 14.4 Å². The molecule has 1 heterocycles. The lowest BCUT2D eigenvalue weighted by Crippen LogP contribution is -2.53. The molecule has 1 saturated heterocycles. The fourth-order valence-electron chi connectivity index (χ4n) is 3.95. The highest BCUT2D eigenvalue weighted by Gasteiger charge is 2.53. The summed E-state index contributed by atoms with van der Waals surface area (Å²) in [4.78, 5) is 38.5. The van der Waals surface area contributed by atoms with Crippen molar-refractivity contribution in [3.63, 3.8) is 0 Å². The van der Waals surface area contributed by atoms with Gasteiger partial charge < -0.3 is 16.4 Å². The van der Waals surface area contributed by atoms with Gasteiger partial charge in [0.1, 0.15) is 12.1 Å². The van der Waals surface area contributed by atoms with Gasteiger partial charge in [0.2, 0.25) is 5.91 Å². The summed E-state index contributed by atoms with van der Waals surface area (Å²) >= 11 is 0. The van der Waals surface area contributed by atoms with E-state index in [9.17, 15) is 14.4 Å². The molecule has 1 aliphatic carbocycles. The van der Waals surface area contributed by atoms with Crippen molar-refractivity contribution >= 4 is 17.8 Å². The lowest BCUT2D eigenvalue weighted by Gasteiger charge is -2.42. The van der Waals surface area contributed by atoms with Crippen LogP contribution in [0.25, 0.3) is 0 Å². The van der Waals surface area contributed by atoms with Crippen LogP contribution in [0.2, 0.25) is 0 Å². The number of nitrogens with zero attached hydrogens (tertiary/aromatic N) is 1. The Hall–Kier alpha value is -1.63. The maximum Gasteiger partial charge on any atom is 0.325 e. The number of carbonyl (C=O) groups is 3. The van der Waals surface area contributed by atoms with Gasteiger partial charge in [0.15, 0.2) is 0 Å². The van der Waals surface area contributed by atoms with E-state index in [2.05, 4.69) is 31.4 Å². The third-order valence-electron chi connectivity index (χ3n) is 6.39. The minimum atomic E-state index is -0.832. The summed E-state index contributed by atoms with van der Waals surface area (Å²) in [5.74, 6) is -0.0942. The summed E-state index contributed by atoms with van der Waals surface area (Å²) in [7, 11) is 0. The van der Waals surface area contributed by atoms with E-state index in [1.165, 1.54) is 0 Å². The number of hydrogen-bond acceptors (Lipinski definition) is 4. The van der Waals surface area contributed by atoms with Crippen molar-refractivity contribution in [2.24, 2.45) is 17.1 Å². The molecule has 7 nitrogen and oxygen atoms in total. The zero-order valence-corrected chi connectivity index (χ0v) is 16.8. The van der Waals surface area contributed by atoms with Crippen LogP contribution in [0.4, 0.5) is 4.79 Å². The average molecular weight is 367 g/mol. The summed E-state index contributed by atoms with van der Waals surface area (Å²) in [5, 5.41) is 5.64. The topological polar surface area (TPSA) is 105 Å². The summed E-state index contributed by atoms with van der Waals surface area (Å²) in [6.45, 7) is 10.3. The summed E-state index contributed by atoms with van der Waals surface area (Å²) in [6, 6.07) is -0.469. The first-order valence-electron chi connectivity index (χ1n) is 9.61. The number of rotatable bonds is 6. The van der Waals surface area contributed by atoms with E-state index in [0.29, 0.717) is 18.8 Å². The molecule has 0 bridgehead atoms. The Morgan fingerprint density at radius 1 is 1.27 bits per heavy atom. The van der Waals surface area contributed by atoms with Crippen LogP contribution in [0.5, 0.6) is 0 Å². The summed E-state index contributed by atoms with van der Waals surface area (Å²) < 4.78 is 0. The van der Waals surface area contributed by atoms with Gasteiger partial charge in [-0.15, -0.1) is 0 Å². The number of carbonyl (C=O) groups excluding carboxylic acids is 3. The molecule has 0 unspecified atom stereocenters. The van der Waals surface area contributed by atoms with Gasteiger partial charge in [0.05, 0.1) is 0 Å². The zero-order valence-electron chi connectivity index (χ0n) is 16.8. The molecule has 1 aliphatic heterocycles. The Balaban J connectivity index is 2.02. The molecule has 0 aromatic heterocycles. The third kappa shape index (κ3) is 4.03. The first-order valence-corrected chi connectivity index (χ1v) is 9.61. The molecule has 1 spiro atoms. The zero-order chi connectivity index (χ0) is 19.8. The molecular weight excluding hydrogens is 332 g/mol. The molecule has 0 radical (unpaired) electrons. The summed E-state index contributed by atoms with van der Waals surface area (Å²) in [5.41, 5.74) is 4.45. The van der Waals surface area contributed by atoms with Crippen LogP contribution < -0.4 is 16.4 Å². The van der Waals surface area contributed by atoms with Crippen LogP contribution in [0.15, 0.2) is 0 Å². The van der Waals surface area contributed by atoms with Crippen molar-refractivity contribution in [1.82, 2.24) is 15.5 Å². The second kappa shape index (κ2) is 7.18. The second-order valence-corrected chi connectivity index (χ2v) is 9.16. The predicted molar refractivity (Wildman–Crippen MR) is 100 cm³/mol. The average Bonchev–Trinajstić information content (AvgIpc) is 2.79. The molecule has 7 heteroatoms. The molecule has 26 heavy (non-hydrogen) atoms. The molecule has 2 aliphatic rings. The Kier molecular flexibility index (Phi) is 5.71. The van der Waals surface area contributed by atoms with E-state index in [0.717, 1.165) is 24.2 Å². The fourth-order valence-corrected chi connectivity index (χ4v) is 3.95. The minimum absolute atomic E-state index is 0.237. The monoisotopic (exact) mass is 366 g/mol. The highest BCUT2D eigenvalue weighted by Crippen LogP contribution is 2.45. The Morgan fingerprint density at radius 3 is 2.35 bits per heavy atom. The molecule has 0 atom stereocenters. The highest BCUT2D eigenvalue weighted by molar-refractivity contribution is 6.09. The van der Waals surface area contributed by atoms with Crippen molar-refractivity contribution in [2.75, 3.05) is 13.1 Å². The molecule has 2 rings (SSSR count). The molecule has 1 saturated carbocycles. The van der Waals surface area contributed by atoms with Gasteiger partial charge in [0.25, 0.3) is 5.91 Å². The van der Waals surface area contributed by atoms with Gasteiger partial charge >= 0.3 is 6.03 Å². The number of hydrogen-bond donors (Lipinski definition) is 3. The smallest absolute Gasteiger partial charge is 0.325 e. The summed E-state index contributed by atoms with van der Waals surface area (Å²) in [6.07, 6.45) is 4.19. The number of urea groups is 1. The highest BCUT2D eigenvalue weighted by atomic mass is 16.2. The lowest BCUT2D eigenvalue weighted by molar-refractivity contribution is -0.136. The Morgan fingerprint density at radius 2 is 1.85 bits per heavy atom. The van der Waals surface area contributed by atoms with Gasteiger partial charge in [-0.2, -0.15) is 0 Å². The molecule has 0 aromatic rings. The van der Waals surface area contributed by atoms with Crippen LogP contribution in [-0.4, -0.2) is 46.9 Å². The normalized spacial score (nSPS) is 27.0. The molecule has 0 aromatic carbocycles. The Bertz CT molecular complexity index is 577. The van der Waals surface area contributed by atoms with Crippen LogP contribution in [0, 0.1) is 11.3 Å². The number of imide groups is 1. The molecule has 4 amide bonds. The van der Waals surface area contributed by atoms with Crippen LogP contribution in [0.3, 0.4) is 0 Å². The SMILES string of the molecule is CCC(C)(C)C1CCC2(CC1)NC(=O)N(CC(=O)NC(C)(C)CN)C2=O. The van der Waals surface area contributed by atoms with Crippen molar-refractivity contribution in [3.8, 4) is 0 Å². The van der Waals surface area contributed by atoms with Gasteiger partial charge in [0, 0.05) is 12.1 Å². The van der Waals surface area contributed by atoms with Gasteiger partial charge in [-0.3, -0.25) is 14.5 Å². The minimum Gasteiger partial charge on any atom is -0.348 e. The maximum absolute atomic E-state index is 12.9. The van der Waals surface area contributed by atoms with Crippen molar-refractivity contribution in [2.45, 2.75) is 77.8 Å². The van der Waals surface area contributed by atoms with Crippen LogP contribution >= 0.6 is 0 Å². The van der Waals surface area contributed by atoms with Crippen LogP contribution in [-0.2, 0) is 9.59 Å². The number of nitrogens with one attached hydrogen (secondary N) is 2. The number of amides is 4. The van der Waals surface area contributed by atoms with E-state index in [4.69, 9.17) is 5.73 Å². The second-order valence-electron chi connectivity index (χ2n) is 9.16. The van der Waals surface area contributed by atoms with Gasteiger partial charge in [-0.25, -0.2) is 4.79 Å². The van der Waals surface area contributed by atoms with E-state index >= 15 is 0 Å². The number of nitrogens with two attached hydrogens (primary N) is 1.